The standard InChI is InChI=1S/C9H14ClNS/c1-3-5-11-7(2)9-8(10)4-6-12-9/h4,6-7,11H,3,5H2,1-2H3. The van der Waals surface area contributed by atoms with Crippen LogP contribution >= 0.6 is 22.9 Å². The second kappa shape index (κ2) is 4.85. The van der Waals surface area contributed by atoms with Crippen molar-refractivity contribution in [2.24, 2.45) is 0 Å². The lowest BCUT2D eigenvalue weighted by atomic mass is 10.2. The Morgan fingerprint density at radius 1 is 1.67 bits per heavy atom. The summed E-state index contributed by atoms with van der Waals surface area (Å²) >= 11 is 7.70. The smallest absolute Gasteiger partial charge is 0.0561 e. The SMILES string of the molecule is CCCNC(C)c1sccc1Cl. The molecule has 0 fully saturated rings. The Morgan fingerprint density at radius 2 is 2.42 bits per heavy atom. The summed E-state index contributed by atoms with van der Waals surface area (Å²) in [6, 6.07) is 2.34. The maximum atomic E-state index is 5.98. The average Bonchev–Trinajstić information content (AvgIpc) is 2.47. The predicted octanol–water partition coefficient (Wildman–Crippen LogP) is 3.46. The van der Waals surface area contributed by atoms with Gasteiger partial charge >= 0.3 is 0 Å². The molecule has 68 valence electrons. The Bertz CT molecular complexity index is 234. The maximum absolute atomic E-state index is 5.98. The van der Waals surface area contributed by atoms with Crippen molar-refractivity contribution < 1.29 is 0 Å². The molecule has 1 unspecified atom stereocenters. The van der Waals surface area contributed by atoms with Crippen LogP contribution in [-0.2, 0) is 0 Å². The van der Waals surface area contributed by atoms with E-state index in [0.717, 1.165) is 18.0 Å². The molecule has 1 nitrogen and oxygen atoms in total. The lowest BCUT2D eigenvalue weighted by molar-refractivity contribution is 0.578. The van der Waals surface area contributed by atoms with Gasteiger partial charge in [-0.1, -0.05) is 18.5 Å². The molecule has 0 aromatic carbocycles. The Kier molecular flexibility index (Phi) is 4.06. The molecule has 0 bridgehead atoms. The molecular formula is C9H14ClNS. The van der Waals surface area contributed by atoms with E-state index in [9.17, 15) is 0 Å². The summed E-state index contributed by atoms with van der Waals surface area (Å²) in [4.78, 5) is 1.24. The molecule has 1 aromatic heterocycles. The van der Waals surface area contributed by atoms with Crippen LogP contribution in [0.3, 0.4) is 0 Å². The second-order valence-corrected chi connectivity index (χ2v) is 4.16. The largest absolute Gasteiger partial charge is 0.309 e. The van der Waals surface area contributed by atoms with Gasteiger partial charge in [-0.15, -0.1) is 11.3 Å². The van der Waals surface area contributed by atoms with Crippen LogP contribution < -0.4 is 5.32 Å². The Balaban J connectivity index is 2.52. The fourth-order valence-electron chi connectivity index (χ4n) is 1.07. The molecule has 0 amide bonds. The highest BCUT2D eigenvalue weighted by atomic mass is 35.5. The van der Waals surface area contributed by atoms with E-state index in [1.54, 1.807) is 11.3 Å². The summed E-state index contributed by atoms with van der Waals surface area (Å²) in [6.07, 6.45) is 1.16. The van der Waals surface area contributed by atoms with Crippen LogP contribution in [0.2, 0.25) is 5.02 Å². The minimum atomic E-state index is 0.387. The van der Waals surface area contributed by atoms with E-state index >= 15 is 0 Å². The van der Waals surface area contributed by atoms with Crippen LogP contribution in [0.25, 0.3) is 0 Å². The number of nitrogens with one attached hydrogen (secondary N) is 1. The molecule has 3 heteroatoms. The van der Waals surface area contributed by atoms with Crippen molar-refractivity contribution >= 4 is 22.9 Å². The Hall–Kier alpha value is -0.0500. The van der Waals surface area contributed by atoms with Gasteiger partial charge in [0.2, 0.25) is 0 Å². The third kappa shape index (κ3) is 2.47. The minimum Gasteiger partial charge on any atom is -0.309 e. The first-order valence-corrected chi connectivity index (χ1v) is 5.47. The van der Waals surface area contributed by atoms with E-state index in [1.807, 2.05) is 11.4 Å². The van der Waals surface area contributed by atoms with E-state index < -0.39 is 0 Å². The number of thiophene rings is 1. The zero-order valence-electron chi connectivity index (χ0n) is 7.43. The fourth-order valence-corrected chi connectivity index (χ4v) is 2.32. The Labute approximate surface area is 82.7 Å². The molecule has 0 saturated carbocycles. The first kappa shape index (κ1) is 10.0. The second-order valence-electron chi connectivity index (χ2n) is 2.81. The Morgan fingerprint density at radius 3 is 2.92 bits per heavy atom. The van der Waals surface area contributed by atoms with Crippen LogP contribution in [0.15, 0.2) is 11.4 Å². The van der Waals surface area contributed by atoms with Gasteiger partial charge in [0.05, 0.1) is 5.02 Å². The summed E-state index contributed by atoms with van der Waals surface area (Å²) < 4.78 is 0. The quantitative estimate of drug-likeness (QED) is 0.791. The maximum Gasteiger partial charge on any atom is 0.0561 e. The molecule has 1 rings (SSSR count). The zero-order chi connectivity index (χ0) is 8.97. The summed E-state index contributed by atoms with van der Waals surface area (Å²) in [6.45, 7) is 5.36. The monoisotopic (exact) mass is 203 g/mol. The molecule has 0 spiro atoms. The molecular weight excluding hydrogens is 190 g/mol. The highest BCUT2D eigenvalue weighted by Crippen LogP contribution is 2.27. The first-order chi connectivity index (χ1) is 5.75. The highest BCUT2D eigenvalue weighted by Gasteiger charge is 2.08. The van der Waals surface area contributed by atoms with Gasteiger partial charge in [0, 0.05) is 10.9 Å². The predicted molar refractivity (Wildman–Crippen MR) is 56.0 cm³/mol. The molecule has 12 heavy (non-hydrogen) atoms. The normalized spacial score (nSPS) is 13.2. The summed E-state index contributed by atoms with van der Waals surface area (Å²) in [5, 5.41) is 6.32. The van der Waals surface area contributed by atoms with E-state index in [2.05, 4.69) is 19.2 Å². The highest BCUT2D eigenvalue weighted by molar-refractivity contribution is 7.10. The number of hydrogen-bond acceptors (Lipinski definition) is 2. The van der Waals surface area contributed by atoms with Crippen molar-refractivity contribution in [1.29, 1.82) is 0 Å². The van der Waals surface area contributed by atoms with Gasteiger partial charge in [-0.3, -0.25) is 0 Å². The van der Waals surface area contributed by atoms with Gasteiger partial charge in [0.15, 0.2) is 0 Å². The topological polar surface area (TPSA) is 12.0 Å². The van der Waals surface area contributed by atoms with E-state index in [-0.39, 0.29) is 0 Å². The van der Waals surface area contributed by atoms with Crippen LogP contribution in [0.1, 0.15) is 31.2 Å². The number of halogens is 1. The van der Waals surface area contributed by atoms with Gasteiger partial charge in [0.25, 0.3) is 0 Å². The summed E-state index contributed by atoms with van der Waals surface area (Å²) in [5.41, 5.74) is 0. The van der Waals surface area contributed by atoms with Crippen LogP contribution in [0.4, 0.5) is 0 Å². The molecule has 1 heterocycles. The molecule has 0 aliphatic heterocycles. The van der Waals surface area contributed by atoms with Crippen molar-refractivity contribution in [3.05, 3.63) is 21.3 Å². The summed E-state index contributed by atoms with van der Waals surface area (Å²) in [5.74, 6) is 0. The van der Waals surface area contributed by atoms with E-state index in [4.69, 9.17) is 11.6 Å². The van der Waals surface area contributed by atoms with Gasteiger partial charge in [-0.25, -0.2) is 0 Å². The third-order valence-electron chi connectivity index (χ3n) is 1.74. The fraction of sp³-hybridized carbons (Fsp3) is 0.556. The molecule has 1 aromatic rings. The molecule has 0 saturated heterocycles. The lowest BCUT2D eigenvalue weighted by Crippen LogP contribution is -2.18. The lowest BCUT2D eigenvalue weighted by Gasteiger charge is -2.11. The van der Waals surface area contributed by atoms with Crippen LogP contribution in [-0.4, -0.2) is 6.54 Å². The molecule has 1 atom stereocenters. The molecule has 0 aliphatic carbocycles. The minimum absolute atomic E-state index is 0.387. The van der Waals surface area contributed by atoms with Gasteiger partial charge in [-0.2, -0.15) is 0 Å². The van der Waals surface area contributed by atoms with E-state index in [0.29, 0.717) is 6.04 Å². The number of hydrogen-bond donors (Lipinski definition) is 1. The molecule has 1 N–H and O–H groups in total. The van der Waals surface area contributed by atoms with Gasteiger partial charge < -0.3 is 5.32 Å². The number of rotatable bonds is 4. The van der Waals surface area contributed by atoms with Crippen molar-refractivity contribution in [3.8, 4) is 0 Å². The van der Waals surface area contributed by atoms with Crippen molar-refractivity contribution in [2.45, 2.75) is 26.3 Å². The molecule has 0 aliphatic rings. The third-order valence-corrected chi connectivity index (χ3v) is 3.28. The van der Waals surface area contributed by atoms with Crippen LogP contribution in [0.5, 0.6) is 0 Å². The zero-order valence-corrected chi connectivity index (χ0v) is 9.00. The average molecular weight is 204 g/mol. The summed E-state index contributed by atoms with van der Waals surface area (Å²) in [7, 11) is 0. The molecule has 0 radical (unpaired) electrons. The van der Waals surface area contributed by atoms with Crippen molar-refractivity contribution in [3.63, 3.8) is 0 Å². The van der Waals surface area contributed by atoms with Crippen LogP contribution in [0, 0.1) is 0 Å². The van der Waals surface area contributed by atoms with Crippen molar-refractivity contribution in [1.82, 2.24) is 5.32 Å². The van der Waals surface area contributed by atoms with Gasteiger partial charge in [-0.05, 0) is 31.3 Å². The first-order valence-electron chi connectivity index (χ1n) is 4.22. The van der Waals surface area contributed by atoms with Gasteiger partial charge in [0.1, 0.15) is 0 Å². The van der Waals surface area contributed by atoms with E-state index in [1.165, 1.54) is 4.88 Å². The van der Waals surface area contributed by atoms with Crippen molar-refractivity contribution in [2.75, 3.05) is 6.54 Å².